The first kappa shape index (κ1) is 17.1. The molecule has 6 nitrogen and oxygen atoms in total. The van der Waals surface area contributed by atoms with Crippen molar-refractivity contribution in [2.24, 2.45) is 0 Å². The van der Waals surface area contributed by atoms with Crippen molar-refractivity contribution in [3.05, 3.63) is 34.9 Å². The van der Waals surface area contributed by atoms with Crippen LogP contribution in [0.25, 0.3) is 0 Å². The number of likely N-dealkylation sites (N-methyl/N-ethyl adjacent to an activating group) is 1. The Hall–Kier alpha value is -2.21. The summed E-state index contributed by atoms with van der Waals surface area (Å²) in [5.74, 6) is -0.429. The van der Waals surface area contributed by atoms with E-state index in [4.69, 9.17) is 5.11 Å². The fourth-order valence-electron chi connectivity index (χ4n) is 2.91. The van der Waals surface area contributed by atoms with E-state index in [2.05, 4.69) is 5.32 Å². The maximum Gasteiger partial charge on any atom is 0.255 e. The van der Waals surface area contributed by atoms with Crippen LogP contribution in [0.5, 0.6) is 0 Å². The second-order valence-electron chi connectivity index (χ2n) is 5.63. The van der Waals surface area contributed by atoms with Crippen molar-refractivity contribution < 1.29 is 19.5 Å². The molecular formula is C17H22N2O4. The van der Waals surface area contributed by atoms with Crippen LogP contribution in [0, 0.1) is 0 Å². The summed E-state index contributed by atoms with van der Waals surface area (Å²) < 4.78 is 0. The number of aliphatic hydroxyl groups excluding tert-OH is 1. The highest BCUT2D eigenvalue weighted by molar-refractivity contribution is 6.01. The lowest BCUT2D eigenvalue weighted by molar-refractivity contribution is -0.125. The van der Waals surface area contributed by atoms with Crippen LogP contribution in [-0.4, -0.2) is 47.8 Å². The summed E-state index contributed by atoms with van der Waals surface area (Å²) in [6, 6.07) is 5.00. The number of nitrogens with zero attached hydrogens (tertiary/aromatic N) is 1. The van der Waals surface area contributed by atoms with Gasteiger partial charge in [-0.3, -0.25) is 9.59 Å². The number of rotatable bonds is 8. The zero-order chi connectivity index (χ0) is 16.8. The molecule has 124 valence electrons. The van der Waals surface area contributed by atoms with Gasteiger partial charge < -0.3 is 20.1 Å². The summed E-state index contributed by atoms with van der Waals surface area (Å²) >= 11 is 0. The van der Waals surface area contributed by atoms with Crippen LogP contribution in [0.3, 0.4) is 0 Å². The van der Waals surface area contributed by atoms with Gasteiger partial charge in [0.25, 0.3) is 5.91 Å². The molecule has 1 aliphatic rings. The Bertz CT molecular complexity index is 600. The molecule has 0 spiro atoms. The van der Waals surface area contributed by atoms with Gasteiger partial charge in [0.1, 0.15) is 12.3 Å². The topological polar surface area (TPSA) is 86.7 Å². The minimum atomic E-state index is -0.633. The Morgan fingerprint density at radius 1 is 1.48 bits per heavy atom. The summed E-state index contributed by atoms with van der Waals surface area (Å²) in [6.07, 6.45) is 2.75. The van der Waals surface area contributed by atoms with Crippen LogP contribution in [0.15, 0.2) is 18.2 Å². The quantitative estimate of drug-likeness (QED) is 0.690. The minimum absolute atomic E-state index is 0.132. The van der Waals surface area contributed by atoms with Crippen LogP contribution >= 0.6 is 0 Å². The molecule has 0 aromatic heterocycles. The Morgan fingerprint density at radius 3 is 2.91 bits per heavy atom. The molecule has 1 heterocycles. The van der Waals surface area contributed by atoms with Crippen LogP contribution in [-0.2, 0) is 22.6 Å². The highest BCUT2D eigenvalue weighted by Gasteiger charge is 2.35. The normalized spacial score (nSPS) is 14.5. The maximum absolute atomic E-state index is 12.6. The van der Waals surface area contributed by atoms with Crippen molar-refractivity contribution in [1.29, 1.82) is 0 Å². The summed E-state index contributed by atoms with van der Waals surface area (Å²) in [5, 5.41) is 11.5. The number of fused-ring (bicyclic) bond motifs is 1. The number of carbonyl (C=O) groups is 3. The van der Waals surface area contributed by atoms with Crippen molar-refractivity contribution >= 4 is 18.1 Å². The number of carbonyl (C=O) groups excluding carboxylic acids is 3. The van der Waals surface area contributed by atoms with Crippen LogP contribution in [0.4, 0.5) is 0 Å². The molecule has 1 unspecified atom stereocenters. The molecule has 6 heteroatoms. The van der Waals surface area contributed by atoms with Gasteiger partial charge in [-0.25, -0.2) is 0 Å². The Labute approximate surface area is 135 Å². The van der Waals surface area contributed by atoms with Gasteiger partial charge >= 0.3 is 0 Å². The smallest absolute Gasteiger partial charge is 0.255 e. The lowest BCUT2D eigenvalue weighted by Crippen LogP contribution is -2.46. The number of hydrogen-bond acceptors (Lipinski definition) is 4. The van der Waals surface area contributed by atoms with Gasteiger partial charge in [0.2, 0.25) is 5.91 Å². The molecule has 0 radical (unpaired) electrons. The fourth-order valence-corrected chi connectivity index (χ4v) is 2.91. The third kappa shape index (κ3) is 3.76. The van der Waals surface area contributed by atoms with Crippen molar-refractivity contribution in [2.45, 2.75) is 38.3 Å². The van der Waals surface area contributed by atoms with Gasteiger partial charge in [-0.2, -0.15) is 0 Å². The van der Waals surface area contributed by atoms with Crippen molar-refractivity contribution in [3.8, 4) is 0 Å². The summed E-state index contributed by atoms with van der Waals surface area (Å²) in [6.45, 7) is 0.505. The number of aryl methyl sites for hydroxylation is 1. The number of benzene rings is 1. The van der Waals surface area contributed by atoms with E-state index in [1.54, 1.807) is 6.07 Å². The largest absolute Gasteiger partial charge is 0.396 e. The second-order valence-corrected chi connectivity index (χ2v) is 5.63. The molecule has 0 saturated carbocycles. The third-order valence-electron chi connectivity index (χ3n) is 4.11. The minimum Gasteiger partial charge on any atom is -0.396 e. The van der Waals surface area contributed by atoms with Gasteiger partial charge in [0.05, 0.1) is 0 Å². The summed E-state index contributed by atoms with van der Waals surface area (Å²) in [7, 11) is 1.52. The lowest BCUT2D eigenvalue weighted by Gasteiger charge is -2.25. The zero-order valence-corrected chi connectivity index (χ0v) is 13.2. The van der Waals surface area contributed by atoms with E-state index < -0.39 is 6.04 Å². The van der Waals surface area contributed by atoms with Gasteiger partial charge in [-0.1, -0.05) is 12.1 Å². The monoisotopic (exact) mass is 318 g/mol. The molecule has 23 heavy (non-hydrogen) atoms. The molecule has 0 saturated heterocycles. The number of aliphatic hydroxyl groups is 1. The second kappa shape index (κ2) is 7.87. The molecule has 1 aliphatic heterocycles. The van der Waals surface area contributed by atoms with E-state index in [1.165, 1.54) is 11.9 Å². The van der Waals surface area contributed by atoms with E-state index in [0.29, 0.717) is 24.9 Å². The third-order valence-corrected chi connectivity index (χ3v) is 4.11. The SMILES string of the molecule is CNC(=O)C(CCC=O)N1Cc2cc(CCCO)ccc2C1=O. The number of aldehydes is 1. The van der Waals surface area contributed by atoms with Crippen LogP contribution in [0.2, 0.25) is 0 Å². The Kier molecular flexibility index (Phi) is 5.87. The Balaban J connectivity index is 2.20. The Morgan fingerprint density at radius 2 is 2.26 bits per heavy atom. The van der Waals surface area contributed by atoms with Gasteiger partial charge in [0.15, 0.2) is 0 Å². The number of hydrogen-bond donors (Lipinski definition) is 2. The highest BCUT2D eigenvalue weighted by atomic mass is 16.3. The van der Waals surface area contributed by atoms with E-state index in [0.717, 1.165) is 23.8 Å². The standard InChI is InChI=1S/C17H22N2O4/c1-18-16(22)15(5-3-9-21)19-11-13-10-12(4-2-8-20)6-7-14(13)17(19)23/h6-7,9-10,15,20H,2-5,8,11H2,1H3,(H,18,22). The summed E-state index contributed by atoms with van der Waals surface area (Å²) in [4.78, 5) is 36.8. The molecular weight excluding hydrogens is 296 g/mol. The van der Waals surface area contributed by atoms with E-state index in [9.17, 15) is 14.4 Å². The molecule has 2 N–H and O–H groups in total. The molecule has 0 aliphatic carbocycles. The van der Waals surface area contributed by atoms with E-state index in [1.807, 2.05) is 12.1 Å². The van der Waals surface area contributed by atoms with Crippen molar-refractivity contribution in [1.82, 2.24) is 10.2 Å². The first-order valence-corrected chi connectivity index (χ1v) is 7.81. The molecule has 2 rings (SSSR count). The molecule has 2 amide bonds. The van der Waals surface area contributed by atoms with Gasteiger partial charge in [0, 0.05) is 32.2 Å². The molecule has 1 aromatic rings. The zero-order valence-electron chi connectivity index (χ0n) is 13.2. The van der Waals surface area contributed by atoms with E-state index >= 15 is 0 Å². The van der Waals surface area contributed by atoms with E-state index in [-0.39, 0.29) is 24.8 Å². The predicted octanol–water partition coefficient (Wildman–Crippen LogP) is 0.661. The highest BCUT2D eigenvalue weighted by Crippen LogP contribution is 2.27. The van der Waals surface area contributed by atoms with Crippen LogP contribution < -0.4 is 5.32 Å². The molecule has 1 aromatic carbocycles. The molecule has 1 atom stereocenters. The molecule has 0 fully saturated rings. The first-order chi connectivity index (χ1) is 11.1. The number of nitrogens with one attached hydrogen (secondary N) is 1. The first-order valence-electron chi connectivity index (χ1n) is 7.81. The average Bonchev–Trinajstić information content (AvgIpc) is 2.89. The van der Waals surface area contributed by atoms with Crippen molar-refractivity contribution in [2.75, 3.05) is 13.7 Å². The van der Waals surface area contributed by atoms with Gasteiger partial charge in [-0.05, 0) is 36.5 Å². The van der Waals surface area contributed by atoms with Gasteiger partial charge in [-0.15, -0.1) is 0 Å². The summed E-state index contributed by atoms with van der Waals surface area (Å²) in [5.41, 5.74) is 2.57. The molecule has 0 bridgehead atoms. The predicted molar refractivity (Wildman–Crippen MR) is 84.9 cm³/mol. The fraction of sp³-hybridized carbons (Fsp3) is 0.471. The average molecular weight is 318 g/mol. The lowest BCUT2D eigenvalue weighted by atomic mass is 10.0. The maximum atomic E-state index is 12.6. The number of amides is 2. The van der Waals surface area contributed by atoms with Crippen LogP contribution in [0.1, 0.15) is 40.7 Å². The van der Waals surface area contributed by atoms with Crippen molar-refractivity contribution in [3.63, 3.8) is 0 Å².